The molecule has 0 atom stereocenters. The van der Waals surface area contributed by atoms with Gasteiger partial charge in [-0.05, 0) is 38.1 Å². The van der Waals surface area contributed by atoms with Crippen molar-refractivity contribution in [2.24, 2.45) is 0 Å². The highest BCUT2D eigenvalue weighted by Crippen LogP contribution is 2.30. The van der Waals surface area contributed by atoms with Crippen molar-refractivity contribution in [1.82, 2.24) is 20.2 Å². The number of aromatic nitrogens is 2. The van der Waals surface area contributed by atoms with Gasteiger partial charge in [-0.25, -0.2) is 9.78 Å². The Morgan fingerprint density at radius 3 is 2.50 bits per heavy atom. The minimum atomic E-state index is -0.575. The zero-order valence-corrected chi connectivity index (χ0v) is 19.0. The maximum atomic E-state index is 13.3. The van der Waals surface area contributed by atoms with Crippen LogP contribution < -0.4 is 25.7 Å². The largest absolute Gasteiger partial charge is 0.493 e. The minimum absolute atomic E-state index is 0.104. The molecule has 2 aromatic carbocycles. The van der Waals surface area contributed by atoms with Gasteiger partial charge in [0.05, 0.1) is 36.6 Å². The van der Waals surface area contributed by atoms with E-state index >= 15 is 0 Å². The van der Waals surface area contributed by atoms with E-state index in [4.69, 9.17) is 9.47 Å². The number of thioether (sulfide) groups is 1. The predicted octanol–water partition coefficient (Wildman–Crippen LogP) is 2.73. The second-order valence-electron chi connectivity index (χ2n) is 7.06. The van der Waals surface area contributed by atoms with Crippen LogP contribution >= 0.6 is 11.8 Å². The number of nitrogens with zero attached hydrogens (tertiary/aromatic N) is 2. The van der Waals surface area contributed by atoms with Gasteiger partial charge in [0.15, 0.2) is 16.7 Å². The molecule has 9 nitrogen and oxygen atoms in total. The van der Waals surface area contributed by atoms with E-state index in [9.17, 15) is 14.4 Å². The van der Waals surface area contributed by atoms with Gasteiger partial charge in [0, 0.05) is 12.1 Å². The molecule has 0 fully saturated rings. The van der Waals surface area contributed by atoms with Crippen LogP contribution in [0.25, 0.3) is 16.6 Å². The number of fused-ring (bicyclic) bond motifs is 1. The number of amides is 3. The second kappa shape index (κ2) is 10.2. The summed E-state index contributed by atoms with van der Waals surface area (Å²) in [4.78, 5) is 41.9. The molecule has 168 valence electrons. The maximum Gasteiger partial charge on any atom is 0.321 e. The Hall–Kier alpha value is -3.53. The highest BCUT2D eigenvalue weighted by Gasteiger charge is 2.17. The number of imide groups is 1. The summed E-state index contributed by atoms with van der Waals surface area (Å²) < 4.78 is 12.1. The summed E-state index contributed by atoms with van der Waals surface area (Å²) in [5, 5.41) is 5.60. The van der Waals surface area contributed by atoms with Crippen LogP contribution in [-0.4, -0.2) is 47.5 Å². The van der Waals surface area contributed by atoms with E-state index in [0.29, 0.717) is 33.2 Å². The summed E-state index contributed by atoms with van der Waals surface area (Å²) in [6, 6.07) is 11.4. The first kappa shape index (κ1) is 23.1. The fourth-order valence-electron chi connectivity index (χ4n) is 2.99. The van der Waals surface area contributed by atoms with Gasteiger partial charge in [-0.3, -0.25) is 19.5 Å². The first-order valence-electron chi connectivity index (χ1n) is 9.81. The highest BCUT2D eigenvalue weighted by atomic mass is 32.2. The molecule has 1 aromatic heterocycles. The highest BCUT2D eigenvalue weighted by molar-refractivity contribution is 7.99. The number of hydrogen-bond acceptors (Lipinski definition) is 7. The number of nitrogens with one attached hydrogen (secondary N) is 2. The molecular weight excluding hydrogens is 432 g/mol. The molecule has 0 bridgehead atoms. The van der Waals surface area contributed by atoms with Crippen molar-refractivity contribution < 1.29 is 19.1 Å². The van der Waals surface area contributed by atoms with E-state index in [1.807, 2.05) is 0 Å². The lowest BCUT2D eigenvalue weighted by molar-refractivity contribution is -0.117. The minimum Gasteiger partial charge on any atom is -0.493 e. The maximum absolute atomic E-state index is 13.3. The summed E-state index contributed by atoms with van der Waals surface area (Å²) in [6.07, 6.45) is 0. The lowest BCUT2D eigenvalue weighted by Gasteiger charge is -2.15. The average Bonchev–Trinajstić information content (AvgIpc) is 2.76. The van der Waals surface area contributed by atoms with Crippen LogP contribution in [0.4, 0.5) is 4.79 Å². The monoisotopic (exact) mass is 456 g/mol. The Labute approximate surface area is 189 Å². The molecule has 0 spiro atoms. The first-order chi connectivity index (χ1) is 15.3. The molecule has 3 amide bonds. The van der Waals surface area contributed by atoms with Crippen LogP contribution in [0.2, 0.25) is 0 Å². The van der Waals surface area contributed by atoms with Crippen LogP contribution in [0.3, 0.4) is 0 Å². The predicted molar refractivity (Wildman–Crippen MR) is 123 cm³/mol. The van der Waals surface area contributed by atoms with E-state index in [-0.39, 0.29) is 17.4 Å². The number of carbonyl (C=O) groups is 2. The van der Waals surface area contributed by atoms with Crippen LogP contribution in [-0.2, 0) is 4.79 Å². The third-order valence-corrected chi connectivity index (χ3v) is 5.31. The second-order valence-corrected chi connectivity index (χ2v) is 8.00. The molecule has 0 unspecified atom stereocenters. The standard InChI is InChI=1S/C22H24N4O5S/c1-13(2)23-21(29)25-19(27)12-32-22-24-16-8-6-5-7-15(16)20(28)26(22)14-9-10-17(30-3)18(11-14)31-4/h5-11,13H,12H2,1-4H3,(H2,23,25,27,29). The van der Waals surface area contributed by atoms with Crippen LogP contribution in [0, 0.1) is 0 Å². The van der Waals surface area contributed by atoms with Gasteiger partial charge in [-0.1, -0.05) is 23.9 Å². The number of urea groups is 1. The molecule has 0 aliphatic rings. The van der Waals surface area contributed by atoms with Gasteiger partial charge in [-0.15, -0.1) is 0 Å². The lowest BCUT2D eigenvalue weighted by Crippen LogP contribution is -2.43. The molecular formula is C22H24N4O5S. The molecule has 3 aromatic rings. The third kappa shape index (κ3) is 5.20. The number of ether oxygens (including phenoxy) is 2. The number of carbonyl (C=O) groups excluding carboxylic acids is 2. The van der Waals surface area contributed by atoms with E-state index < -0.39 is 11.9 Å². The average molecular weight is 457 g/mol. The Kier molecular flexibility index (Phi) is 7.37. The summed E-state index contributed by atoms with van der Waals surface area (Å²) in [5.74, 6) is 0.352. The van der Waals surface area contributed by atoms with E-state index in [2.05, 4.69) is 15.6 Å². The molecule has 1 heterocycles. The molecule has 0 saturated carbocycles. The Balaban J connectivity index is 1.99. The van der Waals surface area contributed by atoms with Crippen molar-refractivity contribution in [3.05, 3.63) is 52.8 Å². The van der Waals surface area contributed by atoms with Gasteiger partial charge in [-0.2, -0.15) is 0 Å². The molecule has 3 rings (SSSR count). The lowest BCUT2D eigenvalue weighted by atomic mass is 10.2. The van der Waals surface area contributed by atoms with Gasteiger partial charge in [0.25, 0.3) is 5.56 Å². The van der Waals surface area contributed by atoms with Crippen molar-refractivity contribution in [3.63, 3.8) is 0 Å². The molecule has 0 aliphatic heterocycles. The first-order valence-corrected chi connectivity index (χ1v) is 10.8. The van der Waals surface area contributed by atoms with Crippen molar-refractivity contribution >= 4 is 34.6 Å². The fourth-order valence-corrected chi connectivity index (χ4v) is 3.80. The Morgan fingerprint density at radius 1 is 1.09 bits per heavy atom. The quantitative estimate of drug-likeness (QED) is 0.415. The summed E-state index contributed by atoms with van der Waals surface area (Å²) in [7, 11) is 3.03. The van der Waals surface area contributed by atoms with Gasteiger partial charge >= 0.3 is 6.03 Å². The number of methoxy groups -OCH3 is 2. The van der Waals surface area contributed by atoms with Crippen LogP contribution in [0.15, 0.2) is 52.4 Å². The number of benzene rings is 2. The summed E-state index contributed by atoms with van der Waals surface area (Å²) in [6.45, 7) is 3.58. The summed E-state index contributed by atoms with van der Waals surface area (Å²) in [5.41, 5.74) is 0.726. The molecule has 2 N–H and O–H groups in total. The zero-order valence-electron chi connectivity index (χ0n) is 18.2. The molecule has 10 heteroatoms. The number of para-hydroxylation sites is 1. The fraction of sp³-hybridized carbons (Fsp3) is 0.273. The van der Waals surface area contributed by atoms with Crippen molar-refractivity contribution in [2.75, 3.05) is 20.0 Å². The molecule has 0 radical (unpaired) electrons. The van der Waals surface area contributed by atoms with Crippen molar-refractivity contribution in [3.8, 4) is 17.2 Å². The Bertz CT molecular complexity index is 1210. The normalized spacial score (nSPS) is 10.8. The Morgan fingerprint density at radius 2 is 1.81 bits per heavy atom. The third-order valence-electron chi connectivity index (χ3n) is 4.38. The zero-order chi connectivity index (χ0) is 23.3. The molecule has 32 heavy (non-hydrogen) atoms. The number of rotatable bonds is 7. The number of hydrogen-bond donors (Lipinski definition) is 2. The smallest absolute Gasteiger partial charge is 0.321 e. The van der Waals surface area contributed by atoms with Crippen LogP contribution in [0.5, 0.6) is 11.5 Å². The van der Waals surface area contributed by atoms with Crippen molar-refractivity contribution in [1.29, 1.82) is 0 Å². The molecule has 0 aliphatic carbocycles. The molecule has 0 saturated heterocycles. The van der Waals surface area contributed by atoms with Gasteiger partial charge in [0.2, 0.25) is 5.91 Å². The summed E-state index contributed by atoms with van der Waals surface area (Å²) >= 11 is 1.05. The van der Waals surface area contributed by atoms with E-state index in [1.54, 1.807) is 56.3 Å². The van der Waals surface area contributed by atoms with Gasteiger partial charge < -0.3 is 14.8 Å². The van der Waals surface area contributed by atoms with E-state index in [0.717, 1.165) is 11.8 Å². The van der Waals surface area contributed by atoms with Crippen LogP contribution in [0.1, 0.15) is 13.8 Å². The SMILES string of the molecule is COc1ccc(-n2c(SCC(=O)NC(=O)NC(C)C)nc3ccccc3c2=O)cc1OC. The van der Waals surface area contributed by atoms with E-state index in [1.165, 1.54) is 18.8 Å². The van der Waals surface area contributed by atoms with Crippen molar-refractivity contribution in [2.45, 2.75) is 25.0 Å². The topological polar surface area (TPSA) is 112 Å². The van der Waals surface area contributed by atoms with Gasteiger partial charge in [0.1, 0.15) is 0 Å².